The molecule has 2 bridgehead atoms. The summed E-state index contributed by atoms with van der Waals surface area (Å²) in [6.07, 6.45) is 0.916. The van der Waals surface area contributed by atoms with Gasteiger partial charge in [-0.05, 0) is 25.7 Å². The van der Waals surface area contributed by atoms with Gasteiger partial charge >= 0.3 is 5.97 Å². The maximum atomic E-state index is 10.6. The number of carbonyl (C=O) groups is 1. The summed E-state index contributed by atoms with van der Waals surface area (Å²) in [7, 11) is 0. The first kappa shape index (κ1) is 9.89. The lowest BCUT2D eigenvalue weighted by Gasteiger charge is -2.38. The van der Waals surface area contributed by atoms with Crippen molar-refractivity contribution in [1.29, 1.82) is 0 Å². The van der Waals surface area contributed by atoms with E-state index in [1.54, 1.807) is 0 Å². The summed E-state index contributed by atoms with van der Waals surface area (Å²) in [6.45, 7) is 0. The highest BCUT2D eigenvalue weighted by molar-refractivity contribution is 5.73. The van der Waals surface area contributed by atoms with E-state index in [2.05, 4.69) is 5.32 Å². The fourth-order valence-corrected chi connectivity index (χ4v) is 2.61. The molecule has 2 rings (SSSR count). The fourth-order valence-electron chi connectivity index (χ4n) is 2.61. The minimum absolute atomic E-state index is 0.160. The Morgan fingerprint density at radius 2 is 1.86 bits per heavy atom. The van der Waals surface area contributed by atoms with Crippen molar-refractivity contribution < 1.29 is 20.1 Å². The Hall–Kier alpha value is -0.650. The topological polar surface area (TPSA) is 89.8 Å². The van der Waals surface area contributed by atoms with Crippen LogP contribution < -0.4 is 5.32 Å². The van der Waals surface area contributed by atoms with Gasteiger partial charge in [0.1, 0.15) is 5.60 Å². The summed E-state index contributed by atoms with van der Waals surface area (Å²) in [6, 6.07) is 0.320. The number of piperidine rings is 1. The van der Waals surface area contributed by atoms with Gasteiger partial charge < -0.3 is 20.6 Å². The molecule has 5 heteroatoms. The second-order valence-corrected chi connectivity index (χ2v) is 4.39. The number of aliphatic hydroxyl groups excluding tert-OH is 1. The van der Waals surface area contributed by atoms with Gasteiger partial charge in [-0.2, -0.15) is 0 Å². The third-order valence-electron chi connectivity index (χ3n) is 3.28. The lowest BCUT2D eigenvalue weighted by atomic mass is 9.83. The molecule has 0 aliphatic carbocycles. The van der Waals surface area contributed by atoms with Crippen LogP contribution in [-0.4, -0.2) is 45.1 Å². The number of carboxylic acids is 1. The van der Waals surface area contributed by atoms with E-state index in [1.165, 1.54) is 0 Å². The van der Waals surface area contributed by atoms with E-state index in [0.717, 1.165) is 12.8 Å². The van der Waals surface area contributed by atoms with Crippen molar-refractivity contribution in [2.24, 2.45) is 0 Å². The van der Waals surface area contributed by atoms with Crippen molar-refractivity contribution in [3.8, 4) is 0 Å². The smallest absolute Gasteiger partial charge is 0.335 e. The van der Waals surface area contributed by atoms with Crippen molar-refractivity contribution in [3.63, 3.8) is 0 Å². The molecule has 4 N–H and O–H groups in total. The number of hydrogen-bond donors (Lipinski definition) is 4. The molecular formula is C9H15NO4. The van der Waals surface area contributed by atoms with Gasteiger partial charge in [-0.3, -0.25) is 0 Å². The Balaban J connectivity index is 2.12. The van der Waals surface area contributed by atoms with Crippen LogP contribution in [0.4, 0.5) is 0 Å². The maximum absolute atomic E-state index is 10.6. The monoisotopic (exact) mass is 201 g/mol. The minimum atomic E-state index is -1.66. The summed E-state index contributed by atoms with van der Waals surface area (Å²) in [5, 5.41) is 31.4. The zero-order valence-electron chi connectivity index (χ0n) is 7.81. The molecule has 14 heavy (non-hydrogen) atoms. The molecule has 0 amide bonds. The largest absolute Gasteiger partial charge is 0.479 e. The highest BCUT2D eigenvalue weighted by Gasteiger charge is 2.49. The SMILES string of the molecule is O=C(O)C(O)C1(O)CC2CCC(C1)N2. The Labute approximate surface area is 81.7 Å². The molecule has 3 unspecified atom stereocenters. The van der Waals surface area contributed by atoms with Crippen molar-refractivity contribution in [1.82, 2.24) is 5.32 Å². The minimum Gasteiger partial charge on any atom is -0.479 e. The number of aliphatic hydroxyl groups is 2. The second kappa shape index (κ2) is 3.18. The molecular weight excluding hydrogens is 186 g/mol. The van der Waals surface area contributed by atoms with Gasteiger partial charge in [0.2, 0.25) is 0 Å². The molecule has 0 aromatic heterocycles. The predicted molar refractivity (Wildman–Crippen MR) is 47.8 cm³/mol. The van der Waals surface area contributed by atoms with Gasteiger partial charge in [0, 0.05) is 12.1 Å². The summed E-state index contributed by atoms with van der Waals surface area (Å²) in [4.78, 5) is 10.6. The molecule has 3 atom stereocenters. The molecule has 2 aliphatic rings. The molecule has 2 saturated heterocycles. The van der Waals surface area contributed by atoms with Crippen LogP contribution in [0, 0.1) is 0 Å². The van der Waals surface area contributed by atoms with Crippen molar-refractivity contribution in [2.75, 3.05) is 0 Å². The number of hydrogen-bond acceptors (Lipinski definition) is 4. The second-order valence-electron chi connectivity index (χ2n) is 4.39. The molecule has 2 heterocycles. The molecule has 0 aromatic rings. The molecule has 2 fully saturated rings. The van der Waals surface area contributed by atoms with E-state index in [0.29, 0.717) is 12.8 Å². The number of nitrogens with one attached hydrogen (secondary N) is 1. The first-order chi connectivity index (χ1) is 6.51. The summed E-state index contributed by atoms with van der Waals surface area (Å²) in [5.74, 6) is -1.34. The fraction of sp³-hybridized carbons (Fsp3) is 0.889. The van der Waals surface area contributed by atoms with E-state index >= 15 is 0 Å². The Kier molecular flexibility index (Phi) is 2.25. The van der Waals surface area contributed by atoms with Gasteiger partial charge in [-0.25, -0.2) is 4.79 Å². The third kappa shape index (κ3) is 1.51. The van der Waals surface area contributed by atoms with Gasteiger partial charge in [-0.15, -0.1) is 0 Å². The predicted octanol–water partition coefficient (Wildman–Crippen LogP) is -0.923. The first-order valence-corrected chi connectivity index (χ1v) is 4.90. The number of carboxylic acid groups (broad SMARTS) is 1. The number of fused-ring (bicyclic) bond motifs is 2. The van der Waals surface area contributed by atoms with Crippen LogP contribution >= 0.6 is 0 Å². The van der Waals surface area contributed by atoms with Gasteiger partial charge in [0.05, 0.1) is 0 Å². The third-order valence-corrected chi connectivity index (χ3v) is 3.28. The lowest BCUT2D eigenvalue weighted by molar-refractivity contribution is -0.168. The maximum Gasteiger partial charge on any atom is 0.335 e. The molecule has 5 nitrogen and oxygen atoms in total. The van der Waals surface area contributed by atoms with Crippen LogP contribution in [0.1, 0.15) is 25.7 Å². The highest BCUT2D eigenvalue weighted by atomic mass is 16.4. The normalized spacial score (nSPS) is 43.6. The highest BCUT2D eigenvalue weighted by Crippen LogP contribution is 2.36. The van der Waals surface area contributed by atoms with E-state index in [-0.39, 0.29) is 12.1 Å². The van der Waals surface area contributed by atoms with E-state index in [1.807, 2.05) is 0 Å². The van der Waals surface area contributed by atoms with Crippen molar-refractivity contribution in [3.05, 3.63) is 0 Å². The van der Waals surface area contributed by atoms with Crippen LogP contribution in [0.15, 0.2) is 0 Å². The van der Waals surface area contributed by atoms with Gasteiger partial charge in [0.25, 0.3) is 0 Å². The Morgan fingerprint density at radius 3 is 2.29 bits per heavy atom. The molecule has 80 valence electrons. The molecule has 0 radical (unpaired) electrons. The lowest BCUT2D eigenvalue weighted by Crippen LogP contribution is -2.56. The van der Waals surface area contributed by atoms with Gasteiger partial charge in [0.15, 0.2) is 6.10 Å². The summed E-state index contributed by atoms with van der Waals surface area (Å²) < 4.78 is 0. The average Bonchev–Trinajstić information content (AvgIpc) is 2.44. The standard InChI is InChI=1S/C9H15NO4/c11-7(8(12)13)9(14)3-5-1-2-6(4-9)10-5/h5-7,10-11,14H,1-4H2,(H,12,13). The van der Waals surface area contributed by atoms with E-state index in [4.69, 9.17) is 5.11 Å². The van der Waals surface area contributed by atoms with E-state index < -0.39 is 17.7 Å². The summed E-state index contributed by atoms with van der Waals surface area (Å²) >= 11 is 0. The van der Waals surface area contributed by atoms with Crippen molar-refractivity contribution in [2.45, 2.75) is 49.5 Å². The van der Waals surface area contributed by atoms with E-state index in [9.17, 15) is 15.0 Å². The molecule has 2 aliphatic heterocycles. The van der Waals surface area contributed by atoms with Crippen molar-refractivity contribution >= 4 is 5.97 Å². The first-order valence-electron chi connectivity index (χ1n) is 4.90. The molecule has 0 spiro atoms. The average molecular weight is 201 g/mol. The Bertz CT molecular complexity index is 243. The van der Waals surface area contributed by atoms with Gasteiger partial charge in [-0.1, -0.05) is 0 Å². The Morgan fingerprint density at radius 1 is 1.36 bits per heavy atom. The van der Waals surface area contributed by atoms with Crippen LogP contribution in [0.25, 0.3) is 0 Å². The van der Waals surface area contributed by atoms with Crippen LogP contribution in [0.3, 0.4) is 0 Å². The summed E-state index contributed by atoms with van der Waals surface area (Å²) in [5.41, 5.74) is -1.44. The number of rotatable bonds is 2. The molecule has 0 saturated carbocycles. The van der Waals surface area contributed by atoms with Crippen LogP contribution in [-0.2, 0) is 4.79 Å². The van der Waals surface area contributed by atoms with Crippen LogP contribution in [0.5, 0.6) is 0 Å². The number of aliphatic carboxylic acids is 1. The molecule has 0 aromatic carbocycles. The van der Waals surface area contributed by atoms with Crippen LogP contribution in [0.2, 0.25) is 0 Å². The zero-order chi connectivity index (χ0) is 10.3. The quantitative estimate of drug-likeness (QED) is 0.464. The zero-order valence-corrected chi connectivity index (χ0v) is 7.81.